The molecule has 0 fully saturated rings. The van der Waals surface area contributed by atoms with E-state index in [1.54, 1.807) is 0 Å². The van der Waals surface area contributed by atoms with Crippen LogP contribution in [-0.2, 0) is 0 Å². The molecular formula is C27H26. The number of rotatable bonds is 2. The molecule has 27 heavy (non-hydrogen) atoms. The predicted octanol–water partition coefficient (Wildman–Crippen LogP) is 7.63. The Labute approximate surface area is 162 Å². The van der Waals surface area contributed by atoms with Gasteiger partial charge in [-0.15, -0.1) is 0 Å². The fourth-order valence-electron chi connectivity index (χ4n) is 4.25. The molecule has 1 aliphatic rings. The van der Waals surface area contributed by atoms with Gasteiger partial charge in [0.2, 0.25) is 0 Å². The van der Waals surface area contributed by atoms with Gasteiger partial charge in [-0.25, -0.2) is 0 Å². The van der Waals surface area contributed by atoms with Crippen molar-refractivity contribution in [3.63, 3.8) is 0 Å². The molecule has 0 bridgehead atoms. The quantitative estimate of drug-likeness (QED) is 0.446. The summed E-state index contributed by atoms with van der Waals surface area (Å²) in [6.45, 7) is 11.0. The molecule has 0 heteroatoms. The molecule has 0 amide bonds. The zero-order valence-corrected chi connectivity index (χ0v) is 16.9. The van der Waals surface area contributed by atoms with Crippen LogP contribution in [0.25, 0.3) is 27.8 Å². The van der Waals surface area contributed by atoms with Crippen molar-refractivity contribution in [2.75, 3.05) is 0 Å². The molecule has 0 saturated carbocycles. The van der Waals surface area contributed by atoms with E-state index in [2.05, 4.69) is 101 Å². The molecule has 4 rings (SSSR count). The Morgan fingerprint density at radius 3 is 2.07 bits per heavy atom. The molecule has 0 atom stereocenters. The molecular weight excluding hydrogens is 324 g/mol. The van der Waals surface area contributed by atoms with E-state index in [4.69, 9.17) is 0 Å². The fraction of sp³-hybridized carbons (Fsp3) is 0.185. The molecule has 3 aromatic rings. The van der Waals surface area contributed by atoms with Crippen LogP contribution in [0.4, 0.5) is 0 Å². The van der Waals surface area contributed by atoms with E-state index in [1.807, 2.05) is 0 Å². The number of hydrogen-bond acceptors (Lipinski definition) is 0. The van der Waals surface area contributed by atoms with Crippen LogP contribution in [0.1, 0.15) is 47.2 Å². The monoisotopic (exact) mass is 350 g/mol. The largest absolute Gasteiger partial charge is 0.0791 e. The highest BCUT2D eigenvalue weighted by Gasteiger charge is 2.26. The Balaban J connectivity index is 1.91. The van der Waals surface area contributed by atoms with Crippen molar-refractivity contribution in [2.24, 2.45) is 0 Å². The van der Waals surface area contributed by atoms with E-state index < -0.39 is 0 Å². The molecule has 0 spiro atoms. The standard InChI is InChI=1S/C27H26/c1-6-23-26-19(4)8-7-9-24(26)20(5)27(23)25-16-22(15-12-18(25)3)21-13-10-17(2)11-14-21/h6-16H,1-5H3/b23-6+. The average molecular weight is 351 g/mol. The lowest BCUT2D eigenvalue weighted by Gasteiger charge is -2.14. The lowest BCUT2D eigenvalue weighted by molar-refractivity contribution is 1.41. The summed E-state index contributed by atoms with van der Waals surface area (Å²) in [6, 6.07) is 22.3. The second-order valence-electron chi connectivity index (χ2n) is 7.60. The van der Waals surface area contributed by atoms with E-state index in [0.717, 1.165) is 0 Å². The van der Waals surface area contributed by atoms with Crippen molar-refractivity contribution in [3.05, 3.63) is 100 Å². The van der Waals surface area contributed by atoms with Crippen molar-refractivity contribution < 1.29 is 0 Å². The van der Waals surface area contributed by atoms with Crippen molar-refractivity contribution in [2.45, 2.75) is 34.6 Å². The summed E-state index contributed by atoms with van der Waals surface area (Å²) >= 11 is 0. The summed E-state index contributed by atoms with van der Waals surface area (Å²) in [6.07, 6.45) is 2.27. The van der Waals surface area contributed by atoms with Gasteiger partial charge in [-0.2, -0.15) is 0 Å². The van der Waals surface area contributed by atoms with Gasteiger partial charge >= 0.3 is 0 Å². The van der Waals surface area contributed by atoms with Crippen LogP contribution < -0.4 is 0 Å². The number of fused-ring (bicyclic) bond motifs is 1. The van der Waals surface area contributed by atoms with Crippen LogP contribution in [0.15, 0.2) is 66.7 Å². The predicted molar refractivity (Wildman–Crippen MR) is 119 cm³/mol. The first kappa shape index (κ1) is 17.5. The minimum absolute atomic E-state index is 1.27. The first-order valence-electron chi connectivity index (χ1n) is 9.67. The van der Waals surface area contributed by atoms with Gasteiger partial charge in [-0.3, -0.25) is 0 Å². The SMILES string of the molecule is C/C=C1/C(c2cc(-c3ccc(C)cc3)ccc2C)=C(C)c2cccc(C)c21. The minimum Gasteiger partial charge on any atom is -0.0791 e. The Morgan fingerprint density at radius 1 is 0.667 bits per heavy atom. The molecule has 0 aromatic heterocycles. The second kappa shape index (κ2) is 6.70. The van der Waals surface area contributed by atoms with Gasteiger partial charge in [0, 0.05) is 0 Å². The maximum atomic E-state index is 2.36. The van der Waals surface area contributed by atoms with Gasteiger partial charge in [0.15, 0.2) is 0 Å². The van der Waals surface area contributed by atoms with E-state index in [1.165, 1.54) is 61.2 Å². The first-order chi connectivity index (χ1) is 13.0. The van der Waals surface area contributed by atoms with Gasteiger partial charge in [0.05, 0.1) is 0 Å². The number of hydrogen-bond donors (Lipinski definition) is 0. The Bertz CT molecular complexity index is 1090. The van der Waals surface area contributed by atoms with Crippen LogP contribution in [0.2, 0.25) is 0 Å². The topological polar surface area (TPSA) is 0 Å². The molecule has 1 aliphatic carbocycles. The summed E-state index contributed by atoms with van der Waals surface area (Å²) in [5.74, 6) is 0. The van der Waals surface area contributed by atoms with Crippen LogP contribution >= 0.6 is 0 Å². The summed E-state index contributed by atoms with van der Waals surface area (Å²) in [7, 11) is 0. The number of allylic oxidation sites excluding steroid dienone is 4. The fourth-order valence-corrected chi connectivity index (χ4v) is 4.25. The third kappa shape index (κ3) is 2.86. The molecule has 0 saturated heterocycles. The highest BCUT2D eigenvalue weighted by Crippen LogP contribution is 2.48. The van der Waals surface area contributed by atoms with Gasteiger partial charge in [0.1, 0.15) is 0 Å². The number of aryl methyl sites for hydroxylation is 3. The van der Waals surface area contributed by atoms with Crippen LogP contribution in [-0.4, -0.2) is 0 Å². The summed E-state index contributed by atoms with van der Waals surface area (Å²) in [4.78, 5) is 0. The maximum absolute atomic E-state index is 2.36. The van der Waals surface area contributed by atoms with Crippen molar-refractivity contribution >= 4 is 16.7 Å². The highest BCUT2D eigenvalue weighted by molar-refractivity contribution is 6.22. The minimum atomic E-state index is 1.27. The van der Waals surface area contributed by atoms with E-state index in [0.29, 0.717) is 0 Å². The molecule has 3 aromatic carbocycles. The van der Waals surface area contributed by atoms with Gasteiger partial charge in [0.25, 0.3) is 0 Å². The van der Waals surface area contributed by atoms with E-state index >= 15 is 0 Å². The summed E-state index contributed by atoms with van der Waals surface area (Å²) in [5.41, 5.74) is 14.8. The highest BCUT2D eigenvalue weighted by atomic mass is 14.3. The lowest BCUT2D eigenvalue weighted by Crippen LogP contribution is -1.93. The number of benzene rings is 3. The Morgan fingerprint density at radius 2 is 1.37 bits per heavy atom. The van der Waals surface area contributed by atoms with Crippen molar-refractivity contribution in [1.82, 2.24) is 0 Å². The second-order valence-corrected chi connectivity index (χ2v) is 7.60. The van der Waals surface area contributed by atoms with Crippen molar-refractivity contribution in [1.29, 1.82) is 0 Å². The van der Waals surface area contributed by atoms with Crippen LogP contribution in [0.3, 0.4) is 0 Å². The summed E-state index contributed by atoms with van der Waals surface area (Å²) < 4.78 is 0. The Hall–Kier alpha value is -2.86. The van der Waals surface area contributed by atoms with Crippen LogP contribution in [0.5, 0.6) is 0 Å². The zero-order chi connectivity index (χ0) is 19.1. The molecule has 0 radical (unpaired) electrons. The smallest absolute Gasteiger partial charge is 0.00700 e. The average Bonchev–Trinajstić information content (AvgIpc) is 2.96. The Kier molecular flexibility index (Phi) is 4.36. The van der Waals surface area contributed by atoms with Crippen LogP contribution in [0, 0.1) is 20.8 Å². The molecule has 134 valence electrons. The third-order valence-corrected chi connectivity index (χ3v) is 5.77. The van der Waals surface area contributed by atoms with E-state index in [-0.39, 0.29) is 0 Å². The van der Waals surface area contributed by atoms with E-state index in [9.17, 15) is 0 Å². The van der Waals surface area contributed by atoms with Crippen molar-refractivity contribution in [3.8, 4) is 11.1 Å². The van der Waals surface area contributed by atoms with Gasteiger partial charge in [-0.05, 0) is 96.3 Å². The molecule has 0 aliphatic heterocycles. The molecule has 0 nitrogen and oxygen atoms in total. The maximum Gasteiger partial charge on any atom is -0.00700 e. The lowest BCUT2D eigenvalue weighted by atomic mass is 9.89. The first-order valence-corrected chi connectivity index (χ1v) is 9.67. The molecule has 0 N–H and O–H groups in total. The normalized spacial score (nSPS) is 14.8. The zero-order valence-electron chi connectivity index (χ0n) is 16.9. The molecule has 0 unspecified atom stereocenters. The third-order valence-electron chi connectivity index (χ3n) is 5.77. The van der Waals surface area contributed by atoms with Gasteiger partial charge < -0.3 is 0 Å². The van der Waals surface area contributed by atoms with Gasteiger partial charge in [-0.1, -0.05) is 66.2 Å². The summed E-state index contributed by atoms with van der Waals surface area (Å²) in [5, 5.41) is 0. The molecule has 0 heterocycles.